The van der Waals surface area contributed by atoms with Gasteiger partial charge in [0.2, 0.25) is 0 Å². The first-order valence-corrected chi connectivity index (χ1v) is 28.9. The van der Waals surface area contributed by atoms with Gasteiger partial charge in [-0.25, -0.2) is 32.3 Å². The van der Waals surface area contributed by atoms with Crippen molar-refractivity contribution in [3.05, 3.63) is 217 Å². The number of carbonyl (C=O) groups is 4. The second kappa shape index (κ2) is 27.4. The Hall–Kier alpha value is -10.6. The fourth-order valence-corrected chi connectivity index (χ4v) is 10.3. The van der Waals surface area contributed by atoms with E-state index in [9.17, 15) is 36.7 Å². The van der Waals surface area contributed by atoms with Crippen molar-refractivity contribution in [3.63, 3.8) is 0 Å². The Balaban J connectivity index is 0.000000170. The quantitative estimate of drug-likeness (QED) is 0.0681. The van der Waals surface area contributed by atoms with Gasteiger partial charge >= 0.3 is 5.97 Å². The van der Waals surface area contributed by atoms with Crippen molar-refractivity contribution in [3.8, 4) is 44.5 Å². The second-order valence-corrected chi connectivity index (χ2v) is 21.6. The molecule has 2 aliphatic rings. The zero-order chi connectivity index (χ0) is 62.7. The van der Waals surface area contributed by atoms with Crippen LogP contribution in [0.4, 0.5) is 29.2 Å². The largest absolute Gasteiger partial charge is 0.478 e. The van der Waals surface area contributed by atoms with Crippen molar-refractivity contribution < 1.29 is 50.7 Å². The molecule has 0 unspecified atom stereocenters. The zero-order valence-electron chi connectivity index (χ0n) is 48.5. The fraction of sp³-hybridized carbons (Fsp3) is 0.200. The van der Waals surface area contributed by atoms with Gasteiger partial charge in [-0.1, -0.05) is 31.2 Å². The minimum absolute atomic E-state index is 0.0368. The van der Waals surface area contributed by atoms with Crippen LogP contribution in [0, 0.1) is 0 Å². The molecule has 15 nitrogen and oxygen atoms in total. The van der Waals surface area contributed by atoms with Crippen LogP contribution in [-0.4, -0.2) is 96.4 Å². The van der Waals surface area contributed by atoms with Gasteiger partial charge in [0, 0.05) is 147 Å². The van der Waals surface area contributed by atoms with Crippen LogP contribution in [0.1, 0.15) is 82.4 Å². The van der Waals surface area contributed by atoms with Crippen LogP contribution in [0.15, 0.2) is 192 Å². The van der Waals surface area contributed by atoms with E-state index in [0.717, 1.165) is 84.7 Å². The lowest BCUT2D eigenvalue weighted by atomic mass is 9.96. The molecular formula is C70H62F4N8O7. The lowest BCUT2D eigenvalue weighted by Gasteiger charge is -2.31. The number of nitrogens with two attached hydrogens (primary N) is 2. The number of nitrogen functional groups attached to an aromatic ring is 2. The van der Waals surface area contributed by atoms with E-state index in [-0.39, 0.29) is 75.9 Å². The van der Waals surface area contributed by atoms with Gasteiger partial charge in [0.1, 0.15) is 34.3 Å². The molecule has 2 fully saturated rings. The first kappa shape index (κ1) is 61.5. The van der Waals surface area contributed by atoms with Gasteiger partial charge in [-0.2, -0.15) is 0 Å². The summed E-state index contributed by atoms with van der Waals surface area (Å²) in [5.74, 6) is -4.38. The van der Waals surface area contributed by atoms with Gasteiger partial charge in [0.05, 0.1) is 0 Å². The number of fused-ring (bicyclic) bond motifs is 2. The Morgan fingerprint density at radius 2 is 0.944 bits per heavy atom. The highest BCUT2D eigenvalue weighted by molar-refractivity contribution is 6.00. The second-order valence-electron chi connectivity index (χ2n) is 21.6. The Labute approximate surface area is 510 Å². The number of carboxylic acids is 1. The molecular weight excluding hydrogens is 1140 g/mol. The van der Waals surface area contributed by atoms with E-state index in [1.54, 1.807) is 85.6 Å². The third-order valence-electron chi connectivity index (χ3n) is 15.3. The third-order valence-corrected chi connectivity index (χ3v) is 15.3. The Kier molecular flexibility index (Phi) is 19.0. The van der Waals surface area contributed by atoms with E-state index < -0.39 is 17.8 Å². The number of benzene rings is 4. The van der Waals surface area contributed by atoms with Gasteiger partial charge in [-0.3, -0.25) is 24.4 Å². The molecule has 2 aliphatic heterocycles. The van der Waals surface area contributed by atoms with Crippen LogP contribution in [0.3, 0.4) is 0 Å². The molecule has 0 bridgehead atoms. The van der Waals surface area contributed by atoms with Gasteiger partial charge in [-0.05, 0) is 172 Å². The number of anilines is 2. The number of hydrogen-bond donors (Lipinski definition) is 3. The number of carboxylic acid groups (broad SMARTS) is 1. The first-order chi connectivity index (χ1) is 42.9. The normalized spacial score (nSPS) is 14.5. The van der Waals surface area contributed by atoms with Crippen molar-refractivity contribution in [2.45, 2.75) is 63.7 Å². The number of aliphatic carboxylic acids is 1. The molecule has 10 aromatic rings. The van der Waals surface area contributed by atoms with E-state index in [1.165, 1.54) is 28.1 Å². The average Bonchev–Trinajstić information content (AvgIpc) is 1.99. The van der Waals surface area contributed by atoms with Crippen molar-refractivity contribution in [1.29, 1.82) is 0 Å². The SMILES string of the molecule is CCc1cc2cc(-c3ccc(C(=O)N4CCC(F)(F)CC4)cc3)cc(-c3ccncc3)c2o1.Nc1ccc(/C=C/C(=O)CCc2cc3cc(-c4ccc(C(=O)N5CCC(F)(F)CC5)cc4)cc(-c4ccncc4)c3o2)cn1.Nc1ccc(/C=C/C(=O)O)cn1. The van der Waals surface area contributed by atoms with Crippen LogP contribution >= 0.6 is 0 Å². The number of piperidine rings is 2. The third kappa shape index (κ3) is 15.9. The molecule has 2 saturated heterocycles. The van der Waals surface area contributed by atoms with Gasteiger partial charge in [-0.15, -0.1) is 0 Å². The minimum Gasteiger partial charge on any atom is -0.478 e. The van der Waals surface area contributed by atoms with Crippen molar-refractivity contribution >= 4 is 69.3 Å². The van der Waals surface area contributed by atoms with E-state index in [2.05, 4.69) is 45.1 Å². The van der Waals surface area contributed by atoms with E-state index >= 15 is 0 Å². The highest BCUT2D eigenvalue weighted by atomic mass is 19.3. The molecule has 4 aromatic carbocycles. The number of nitrogens with zero attached hydrogens (tertiary/aromatic N) is 6. The highest BCUT2D eigenvalue weighted by Gasteiger charge is 2.37. The molecule has 89 heavy (non-hydrogen) atoms. The van der Waals surface area contributed by atoms with Crippen molar-refractivity contribution in [2.24, 2.45) is 0 Å². The molecule has 0 saturated carbocycles. The maximum absolute atomic E-state index is 13.6. The summed E-state index contributed by atoms with van der Waals surface area (Å²) in [5.41, 5.74) is 22.6. The Bertz CT molecular complexity index is 4170. The summed E-state index contributed by atoms with van der Waals surface area (Å²) < 4.78 is 66.4. The molecule has 0 radical (unpaired) electrons. The van der Waals surface area contributed by atoms with Gasteiger partial charge in [0.25, 0.3) is 23.7 Å². The lowest BCUT2D eigenvalue weighted by Crippen LogP contribution is -2.42. The predicted octanol–water partition coefficient (Wildman–Crippen LogP) is 14.6. The summed E-state index contributed by atoms with van der Waals surface area (Å²) >= 11 is 0. The maximum atomic E-state index is 13.6. The lowest BCUT2D eigenvalue weighted by molar-refractivity contribution is -0.131. The van der Waals surface area contributed by atoms with Gasteiger partial charge in [0.15, 0.2) is 5.78 Å². The zero-order valence-corrected chi connectivity index (χ0v) is 48.5. The van der Waals surface area contributed by atoms with E-state index in [0.29, 0.717) is 46.1 Å². The number of rotatable bonds is 14. The number of likely N-dealkylation sites (tertiary alicyclic amines) is 2. The minimum atomic E-state index is -2.71. The van der Waals surface area contributed by atoms with Crippen LogP contribution < -0.4 is 11.5 Å². The summed E-state index contributed by atoms with van der Waals surface area (Å²) in [7, 11) is 0. The summed E-state index contributed by atoms with van der Waals surface area (Å²) in [6.07, 6.45) is 16.2. The Morgan fingerprint density at radius 1 is 0.528 bits per heavy atom. The summed E-state index contributed by atoms with van der Waals surface area (Å²) in [5, 5.41) is 10.2. The smallest absolute Gasteiger partial charge is 0.328 e. The molecule has 12 rings (SSSR count). The number of halogens is 4. The van der Waals surface area contributed by atoms with Crippen LogP contribution in [0.25, 0.3) is 78.6 Å². The Morgan fingerprint density at radius 3 is 1.35 bits per heavy atom. The van der Waals surface area contributed by atoms with Crippen molar-refractivity contribution in [2.75, 3.05) is 37.6 Å². The topological polar surface area (TPSA) is 225 Å². The van der Waals surface area contributed by atoms with Crippen LogP contribution in [0.2, 0.25) is 0 Å². The molecule has 6 aromatic heterocycles. The number of alkyl halides is 4. The standard InChI is InChI=1S/C35H30F2N4O3.C27H24F2N2O2.C8H8N2O2/c36-35(37)13-17-41(18-14-35)34(43)26-5-3-24(4-6-26)27-19-28-20-30(44-33(28)31(21-27)25-11-15-39-16-12-25)9-8-29(42)7-1-23-2-10-32(38)40-22-23;1-2-23-16-22-15-21(17-24(25(22)33-23)19-7-11-30-12-8-19)18-3-5-20(6-4-18)26(32)31-13-9-27(28,29)10-14-31;9-7-3-1-6(5-10-7)2-4-8(11)12/h1-7,10-12,15-16,19-22H,8-9,13-14,17-18H2,(H2,38,40);3-8,11-12,15-17H,2,9-10,13-14H2,1H3;1-5H,(H2,9,10)(H,11,12)/b7-1+;;4-2+. The van der Waals surface area contributed by atoms with E-state index in [4.69, 9.17) is 25.4 Å². The summed E-state index contributed by atoms with van der Waals surface area (Å²) in [6, 6.07) is 41.3. The molecule has 0 atom stereocenters. The fourth-order valence-electron chi connectivity index (χ4n) is 10.3. The highest BCUT2D eigenvalue weighted by Crippen LogP contribution is 2.39. The van der Waals surface area contributed by atoms with Crippen molar-refractivity contribution in [1.82, 2.24) is 29.7 Å². The summed E-state index contributed by atoms with van der Waals surface area (Å²) in [4.78, 5) is 67.5. The average molecular weight is 1200 g/mol. The molecule has 8 heterocycles. The number of pyridine rings is 4. The number of aromatic nitrogens is 4. The predicted molar refractivity (Wildman–Crippen MR) is 336 cm³/mol. The summed E-state index contributed by atoms with van der Waals surface area (Å²) in [6.45, 7) is 2.32. The molecule has 5 N–H and O–H groups in total. The molecule has 452 valence electrons. The van der Waals surface area contributed by atoms with Crippen LogP contribution in [-0.2, 0) is 22.4 Å². The number of aryl methyl sites for hydroxylation is 2. The molecule has 2 amide bonds. The monoisotopic (exact) mass is 1200 g/mol. The first-order valence-electron chi connectivity index (χ1n) is 28.9. The number of amides is 2. The van der Waals surface area contributed by atoms with E-state index in [1.807, 2.05) is 66.7 Å². The number of carbonyl (C=O) groups excluding carboxylic acids is 3. The number of allylic oxidation sites excluding steroid dienone is 1. The maximum Gasteiger partial charge on any atom is 0.328 e. The number of hydrogen-bond acceptors (Lipinski definition) is 12. The number of ketones is 1. The van der Waals surface area contributed by atoms with Crippen LogP contribution in [0.5, 0.6) is 0 Å². The number of furan rings is 2. The van der Waals surface area contributed by atoms with Gasteiger partial charge < -0.3 is 35.2 Å². The molecule has 0 aliphatic carbocycles. The molecule has 19 heteroatoms. The molecule has 0 spiro atoms.